The van der Waals surface area contributed by atoms with Crippen LogP contribution >= 0.6 is 0 Å². The highest BCUT2D eigenvalue weighted by Crippen LogP contribution is 2.12. The van der Waals surface area contributed by atoms with E-state index >= 15 is 0 Å². The van der Waals surface area contributed by atoms with E-state index < -0.39 is 0 Å². The summed E-state index contributed by atoms with van der Waals surface area (Å²) in [5.41, 5.74) is 1.10. The number of phenolic OH excluding ortho intramolecular Hbond substituents is 1. The van der Waals surface area contributed by atoms with Crippen LogP contribution in [0.4, 0.5) is 0 Å². The van der Waals surface area contributed by atoms with E-state index in [2.05, 4.69) is 4.74 Å². The molecule has 0 fully saturated rings. The molecule has 0 saturated carbocycles. The van der Waals surface area contributed by atoms with Gasteiger partial charge in [-0.25, -0.2) is 0 Å². The topological polar surface area (TPSA) is 55.8 Å². The van der Waals surface area contributed by atoms with E-state index in [4.69, 9.17) is 14.6 Å². The summed E-state index contributed by atoms with van der Waals surface area (Å²) in [6.07, 6.45) is 1.04. The van der Waals surface area contributed by atoms with E-state index in [1.54, 1.807) is 19.2 Å². The van der Waals surface area contributed by atoms with Crippen molar-refractivity contribution in [3.05, 3.63) is 29.8 Å². The lowest BCUT2D eigenvalue weighted by atomic mass is 10.1. The molecule has 90 valence electrons. The van der Waals surface area contributed by atoms with Crippen LogP contribution in [0.15, 0.2) is 24.3 Å². The smallest absolute Gasteiger partial charge is 0.292 e. The van der Waals surface area contributed by atoms with Gasteiger partial charge in [0.15, 0.2) is 0 Å². The number of hydrogen-bond donors (Lipinski definition) is 1. The summed E-state index contributed by atoms with van der Waals surface area (Å²) in [5.74, 6) is 0.316. The average Bonchev–Trinajstić information content (AvgIpc) is 2.29. The minimum absolute atomic E-state index is 0.201. The second kappa shape index (κ2) is 8.73. The number of rotatable bonds is 4. The maximum atomic E-state index is 9.16. The summed E-state index contributed by atoms with van der Waals surface area (Å²) < 4.78 is 8.97. The van der Waals surface area contributed by atoms with Gasteiger partial charge in [-0.1, -0.05) is 12.1 Å². The SMILES string of the molecule is COC(C)Cc1cccc(O)c1.COC=O. The van der Waals surface area contributed by atoms with E-state index in [9.17, 15) is 0 Å². The van der Waals surface area contributed by atoms with Crippen LogP contribution in [0.5, 0.6) is 5.75 Å². The summed E-state index contributed by atoms with van der Waals surface area (Å²) in [5, 5.41) is 9.16. The summed E-state index contributed by atoms with van der Waals surface area (Å²) >= 11 is 0. The van der Waals surface area contributed by atoms with Crippen LogP contribution in [0.25, 0.3) is 0 Å². The maximum absolute atomic E-state index is 9.16. The largest absolute Gasteiger partial charge is 0.508 e. The standard InChI is InChI=1S/C10H14O2.C2H4O2/c1-8(12-2)6-9-4-3-5-10(11)7-9;1-4-2-3/h3-5,7-8,11H,6H2,1-2H3;2H,1H3. The first kappa shape index (κ1) is 14.5. The van der Waals surface area contributed by atoms with Gasteiger partial charge in [0.05, 0.1) is 13.2 Å². The monoisotopic (exact) mass is 226 g/mol. The van der Waals surface area contributed by atoms with Crippen molar-refractivity contribution in [3.63, 3.8) is 0 Å². The number of methoxy groups -OCH3 is 2. The highest BCUT2D eigenvalue weighted by Gasteiger charge is 2.01. The molecule has 0 radical (unpaired) electrons. The van der Waals surface area contributed by atoms with Crippen molar-refractivity contribution in [3.8, 4) is 5.75 Å². The number of carbonyl (C=O) groups excluding carboxylic acids is 1. The fourth-order valence-corrected chi connectivity index (χ4v) is 1.10. The molecule has 1 N–H and O–H groups in total. The van der Waals surface area contributed by atoms with Crippen LogP contribution in [0.3, 0.4) is 0 Å². The normalized spacial score (nSPS) is 10.9. The molecule has 4 nitrogen and oxygen atoms in total. The first-order valence-corrected chi connectivity index (χ1v) is 4.91. The van der Waals surface area contributed by atoms with Crippen molar-refractivity contribution < 1.29 is 19.4 Å². The zero-order valence-electron chi connectivity index (χ0n) is 9.84. The molecule has 16 heavy (non-hydrogen) atoms. The molecule has 0 aliphatic rings. The number of benzene rings is 1. The molecule has 1 aromatic carbocycles. The molecule has 1 aromatic rings. The quantitative estimate of drug-likeness (QED) is 0.795. The lowest BCUT2D eigenvalue weighted by molar-refractivity contribution is -0.126. The molecule has 4 heteroatoms. The molecule has 1 rings (SSSR count). The van der Waals surface area contributed by atoms with Gasteiger partial charge in [0, 0.05) is 7.11 Å². The molecule has 0 amide bonds. The summed E-state index contributed by atoms with van der Waals surface area (Å²) in [6, 6.07) is 7.25. The van der Waals surface area contributed by atoms with Crippen LogP contribution in [0.2, 0.25) is 0 Å². The maximum Gasteiger partial charge on any atom is 0.292 e. The summed E-state index contributed by atoms with van der Waals surface area (Å²) in [4.78, 5) is 8.95. The fraction of sp³-hybridized carbons (Fsp3) is 0.417. The first-order chi connectivity index (χ1) is 7.63. The Hall–Kier alpha value is -1.55. The minimum Gasteiger partial charge on any atom is -0.508 e. The average molecular weight is 226 g/mol. The Balaban J connectivity index is 0.000000487. The van der Waals surface area contributed by atoms with Crippen LogP contribution in [0, 0.1) is 0 Å². The van der Waals surface area contributed by atoms with Gasteiger partial charge in [-0.05, 0) is 31.0 Å². The van der Waals surface area contributed by atoms with Crippen molar-refractivity contribution in [2.24, 2.45) is 0 Å². The molecule has 0 heterocycles. The number of hydrogen-bond acceptors (Lipinski definition) is 4. The Labute approximate surface area is 95.8 Å². The zero-order chi connectivity index (χ0) is 12.4. The third-order valence-electron chi connectivity index (χ3n) is 1.93. The van der Waals surface area contributed by atoms with E-state index in [0.29, 0.717) is 12.2 Å². The van der Waals surface area contributed by atoms with Gasteiger partial charge < -0.3 is 14.6 Å². The third kappa shape index (κ3) is 6.84. The Morgan fingerprint density at radius 1 is 1.44 bits per heavy atom. The van der Waals surface area contributed by atoms with Gasteiger partial charge in [0.1, 0.15) is 5.75 Å². The molecular weight excluding hydrogens is 208 g/mol. The molecule has 0 spiro atoms. The number of ether oxygens (including phenoxy) is 2. The Morgan fingerprint density at radius 3 is 2.50 bits per heavy atom. The van der Waals surface area contributed by atoms with Crippen molar-refractivity contribution in [2.45, 2.75) is 19.4 Å². The Kier molecular flexibility index (Phi) is 7.89. The highest BCUT2D eigenvalue weighted by atomic mass is 16.5. The Bertz CT molecular complexity index is 299. The summed E-state index contributed by atoms with van der Waals surface area (Å²) in [7, 11) is 3.00. The van der Waals surface area contributed by atoms with E-state index in [0.717, 1.165) is 12.0 Å². The molecule has 0 aliphatic carbocycles. The number of phenols is 1. The molecule has 0 saturated heterocycles. The van der Waals surface area contributed by atoms with Gasteiger partial charge in [-0.2, -0.15) is 0 Å². The second-order valence-corrected chi connectivity index (χ2v) is 3.25. The molecular formula is C12H18O4. The van der Waals surface area contributed by atoms with Crippen molar-refractivity contribution in [2.75, 3.05) is 14.2 Å². The van der Waals surface area contributed by atoms with Crippen molar-refractivity contribution >= 4 is 6.47 Å². The van der Waals surface area contributed by atoms with Gasteiger partial charge in [-0.15, -0.1) is 0 Å². The second-order valence-electron chi connectivity index (χ2n) is 3.25. The van der Waals surface area contributed by atoms with Gasteiger partial charge in [-0.3, -0.25) is 4.79 Å². The lowest BCUT2D eigenvalue weighted by Crippen LogP contribution is -2.08. The predicted octanol–water partition coefficient (Wildman–Crippen LogP) is 1.76. The van der Waals surface area contributed by atoms with E-state index in [1.807, 2.05) is 19.1 Å². The van der Waals surface area contributed by atoms with Crippen LogP contribution in [0.1, 0.15) is 12.5 Å². The zero-order valence-corrected chi connectivity index (χ0v) is 9.84. The lowest BCUT2D eigenvalue weighted by Gasteiger charge is -2.08. The molecule has 0 aliphatic heterocycles. The first-order valence-electron chi connectivity index (χ1n) is 4.91. The molecule has 0 bridgehead atoms. The third-order valence-corrected chi connectivity index (χ3v) is 1.93. The number of aromatic hydroxyl groups is 1. The molecule has 0 aromatic heterocycles. The Morgan fingerprint density at radius 2 is 2.06 bits per heavy atom. The van der Waals surface area contributed by atoms with Crippen LogP contribution in [-0.2, 0) is 20.7 Å². The van der Waals surface area contributed by atoms with E-state index in [1.165, 1.54) is 7.11 Å². The summed E-state index contributed by atoms with van der Waals surface area (Å²) in [6.45, 7) is 2.38. The van der Waals surface area contributed by atoms with Crippen molar-refractivity contribution in [1.29, 1.82) is 0 Å². The van der Waals surface area contributed by atoms with Crippen LogP contribution < -0.4 is 0 Å². The van der Waals surface area contributed by atoms with Crippen LogP contribution in [-0.4, -0.2) is 31.9 Å². The fourth-order valence-electron chi connectivity index (χ4n) is 1.10. The van der Waals surface area contributed by atoms with Gasteiger partial charge in [0.2, 0.25) is 0 Å². The highest BCUT2D eigenvalue weighted by molar-refractivity contribution is 5.36. The number of carbonyl (C=O) groups is 1. The van der Waals surface area contributed by atoms with Gasteiger partial charge in [0.25, 0.3) is 6.47 Å². The molecule has 1 unspecified atom stereocenters. The minimum atomic E-state index is 0.201. The molecule has 1 atom stereocenters. The predicted molar refractivity (Wildman–Crippen MR) is 61.4 cm³/mol. The van der Waals surface area contributed by atoms with Crippen molar-refractivity contribution in [1.82, 2.24) is 0 Å². The van der Waals surface area contributed by atoms with E-state index in [-0.39, 0.29) is 6.10 Å². The van der Waals surface area contributed by atoms with Gasteiger partial charge >= 0.3 is 0 Å².